The number of fused-ring (bicyclic) bond motifs is 1. The van der Waals surface area contributed by atoms with Crippen molar-refractivity contribution in [3.63, 3.8) is 0 Å². The smallest absolute Gasteiger partial charge is 0.338 e. The van der Waals surface area contributed by atoms with Crippen molar-refractivity contribution in [1.29, 1.82) is 0 Å². The molecule has 0 aliphatic heterocycles. The minimum Gasteiger partial charge on any atom is -0.338 e. The Balaban J connectivity index is 2.08. The summed E-state index contributed by atoms with van der Waals surface area (Å²) < 4.78 is 1.59. The summed E-state index contributed by atoms with van der Waals surface area (Å²) in [4.78, 5) is 41.2. The lowest BCUT2D eigenvalue weighted by Crippen LogP contribution is -2.28. The summed E-state index contributed by atoms with van der Waals surface area (Å²) in [5.41, 5.74) is 0.494. The van der Waals surface area contributed by atoms with Gasteiger partial charge in [0.25, 0.3) is 5.69 Å². The molecule has 1 aromatic carbocycles. The fraction of sp³-hybridized carbons (Fsp3) is 0.154. The zero-order chi connectivity index (χ0) is 18.8. The summed E-state index contributed by atoms with van der Waals surface area (Å²) in [7, 11) is 0. The number of nitrogens with zero attached hydrogens (tertiary/aromatic N) is 5. The van der Waals surface area contributed by atoms with Crippen molar-refractivity contribution >= 4 is 50.9 Å². The van der Waals surface area contributed by atoms with Gasteiger partial charge in [-0.2, -0.15) is 0 Å². The van der Waals surface area contributed by atoms with E-state index in [1.807, 2.05) is 0 Å². The molecule has 0 saturated carbocycles. The summed E-state index contributed by atoms with van der Waals surface area (Å²) >= 11 is 1.82. The minimum atomic E-state index is -0.558. The van der Waals surface area contributed by atoms with Crippen LogP contribution in [0.4, 0.5) is 15.5 Å². The van der Waals surface area contributed by atoms with Crippen molar-refractivity contribution in [3.05, 3.63) is 44.6 Å². The summed E-state index contributed by atoms with van der Waals surface area (Å²) in [5, 5.41) is 24.4. The number of hydrogen-bond donors (Lipinski definition) is 1. The third-order valence-corrected chi connectivity index (χ3v) is 5.16. The Kier molecular flexibility index (Phi) is 4.81. The topological polar surface area (TPSA) is 146 Å². The highest BCUT2D eigenvalue weighted by atomic mass is 32.2. The zero-order valence-electron chi connectivity index (χ0n) is 13.1. The predicted molar refractivity (Wildman–Crippen MR) is 93.7 cm³/mol. The lowest BCUT2D eigenvalue weighted by Gasteiger charge is -2.06. The quantitative estimate of drug-likeness (QED) is 0.513. The molecular weight excluding hydrogens is 384 g/mol. The number of rotatable bonds is 5. The first kappa shape index (κ1) is 17.8. The molecular formula is C13H10N6O5S2. The number of benzene rings is 1. The largest absolute Gasteiger partial charge is 0.344 e. The monoisotopic (exact) mass is 394 g/mol. The Hall–Kier alpha value is -3.06. The van der Waals surface area contributed by atoms with Crippen LogP contribution in [0.2, 0.25) is 0 Å². The Bertz CT molecular complexity index is 1030. The maximum Gasteiger partial charge on any atom is 0.344 e. The minimum absolute atomic E-state index is 0.135. The van der Waals surface area contributed by atoms with Crippen molar-refractivity contribution in [1.82, 2.24) is 19.9 Å². The Morgan fingerprint density at radius 2 is 2.12 bits per heavy atom. The molecule has 0 aliphatic rings. The van der Waals surface area contributed by atoms with E-state index < -0.39 is 15.9 Å². The van der Waals surface area contributed by atoms with E-state index in [2.05, 4.69) is 15.3 Å². The molecule has 3 aromatic rings. The molecule has 3 rings (SSSR count). The number of hydrogen-bond acceptors (Lipinski definition) is 9. The first-order valence-corrected chi connectivity index (χ1v) is 8.77. The van der Waals surface area contributed by atoms with Gasteiger partial charge in [0, 0.05) is 18.7 Å². The average molecular weight is 394 g/mol. The SMILES string of the molecule is CCNC(=O)n1c(Sc2ncc([N+](=O)[O-])s2)nc2cc([N+](=O)[O-])ccc21. The lowest BCUT2D eigenvalue weighted by atomic mass is 10.3. The van der Waals surface area contributed by atoms with Crippen LogP contribution < -0.4 is 5.32 Å². The van der Waals surface area contributed by atoms with Gasteiger partial charge in [-0.05, 0) is 36.1 Å². The van der Waals surface area contributed by atoms with Crippen molar-refractivity contribution in [2.75, 3.05) is 6.54 Å². The molecule has 0 fully saturated rings. The Labute approximate surface area is 153 Å². The summed E-state index contributed by atoms with van der Waals surface area (Å²) in [5.74, 6) is 0. The fourth-order valence-corrected chi connectivity index (χ4v) is 3.90. The van der Waals surface area contributed by atoms with Crippen LogP contribution in [0.1, 0.15) is 6.92 Å². The second-order valence-corrected chi connectivity index (χ2v) is 7.04. The van der Waals surface area contributed by atoms with Crippen LogP contribution in [-0.2, 0) is 0 Å². The van der Waals surface area contributed by atoms with Crippen LogP contribution in [-0.4, -0.2) is 37.0 Å². The molecule has 0 atom stereocenters. The van der Waals surface area contributed by atoms with Crippen LogP contribution in [0.15, 0.2) is 33.9 Å². The lowest BCUT2D eigenvalue weighted by molar-refractivity contribution is -0.384. The second kappa shape index (κ2) is 7.05. The third kappa shape index (κ3) is 3.34. The van der Waals surface area contributed by atoms with Crippen LogP contribution in [0.3, 0.4) is 0 Å². The molecule has 0 bridgehead atoms. The highest BCUT2D eigenvalue weighted by Crippen LogP contribution is 2.35. The van der Waals surface area contributed by atoms with Gasteiger partial charge in [0.2, 0.25) is 0 Å². The van der Waals surface area contributed by atoms with Crippen LogP contribution in [0.25, 0.3) is 11.0 Å². The predicted octanol–water partition coefficient (Wildman–Crippen LogP) is 3.04. The van der Waals surface area contributed by atoms with Gasteiger partial charge in [-0.3, -0.25) is 20.2 Å². The Morgan fingerprint density at radius 3 is 2.73 bits per heavy atom. The molecule has 0 spiro atoms. The molecule has 11 nitrogen and oxygen atoms in total. The van der Waals surface area contributed by atoms with Crippen LogP contribution >= 0.6 is 23.1 Å². The van der Waals surface area contributed by atoms with Gasteiger partial charge in [-0.25, -0.2) is 19.3 Å². The number of carbonyl (C=O) groups excluding carboxylic acids is 1. The van der Waals surface area contributed by atoms with E-state index in [9.17, 15) is 25.0 Å². The van der Waals surface area contributed by atoms with Gasteiger partial charge in [0.1, 0.15) is 6.20 Å². The number of imidazole rings is 1. The van der Waals surface area contributed by atoms with E-state index >= 15 is 0 Å². The highest BCUT2D eigenvalue weighted by Gasteiger charge is 2.22. The highest BCUT2D eigenvalue weighted by molar-refractivity contribution is 8.01. The molecule has 13 heteroatoms. The van der Waals surface area contributed by atoms with Crippen molar-refractivity contribution in [2.24, 2.45) is 0 Å². The molecule has 0 unspecified atom stereocenters. The van der Waals surface area contributed by atoms with Crippen molar-refractivity contribution in [3.8, 4) is 0 Å². The third-order valence-electron chi connectivity index (χ3n) is 3.18. The van der Waals surface area contributed by atoms with Gasteiger partial charge in [0.05, 0.1) is 20.9 Å². The normalized spacial score (nSPS) is 10.8. The number of nitrogens with one attached hydrogen (secondary N) is 1. The van der Waals surface area contributed by atoms with Gasteiger partial charge in [0.15, 0.2) is 9.50 Å². The molecule has 1 amide bonds. The molecule has 0 saturated heterocycles. The van der Waals surface area contributed by atoms with Gasteiger partial charge >= 0.3 is 11.0 Å². The summed E-state index contributed by atoms with van der Waals surface area (Å²) in [6, 6.07) is 3.52. The maximum absolute atomic E-state index is 12.4. The van der Waals surface area contributed by atoms with Crippen LogP contribution in [0, 0.1) is 20.2 Å². The zero-order valence-corrected chi connectivity index (χ0v) is 14.7. The molecule has 1 N–H and O–H groups in total. The van der Waals surface area contributed by atoms with E-state index in [0.717, 1.165) is 29.3 Å². The van der Waals surface area contributed by atoms with E-state index in [1.165, 1.54) is 22.8 Å². The second-order valence-electron chi connectivity index (χ2n) is 4.82. The van der Waals surface area contributed by atoms with Gasteiger partial charge in [-0.1, -0.05) is 0 Å². The summed E-state index contributed by atoms with van der Waals surface area (Å²) in [6.45, 7) is 2.12. The standard InChI is InChI=1S/C13H10N6O5S2/c1-2-14-11(20)17-9-4-3-7(18(21)22)5-8(9)16-12(17)26-13-15-6-10(25-13)19(23)24/h3-6H,2H2,1H3,(H,14,20). The number of aromatic nitrogens is 3. The Morgan fingerprint density at radius 1 is 1.35 bits per heavy atom. The molecule has 2 heterocycles. The number of non-ortho nitro benzene ring substituents is 1. The van der Waals surface area contributed by atoms with E-state index in [-0.39, 0.29) is 21.4 Å². The van der Waals surface area contributed by atoms with Crippen molar-refractivity contribution < 1.29 is 14.6 Å². The van der Waals surface area contributed by atoms with E-state index in [1.54, 1.807) is 6.92 Å². The van der Waals surface area contributed by atoms with E-state index in [4.69, 9.17) is 0 Å². The van der Waals surface area contributed by atoms with Crippen molar-refractivity contribution in [2.45, 2.75) is 16.4 Å². The first-order valence-electron chi connectivity index (χ1n) is 7.14. The number of thiazole rings is 1. The molecule has 0 aliphatic carbocycles. The average Bonchev–Trinajstić information content (AvgIpc) is 3.18. The fourth-order valence-electron chi connectivity index (χ4n) is 2.11. The molecule has 2 aromatic heterocycles. The maximum atomic E-state index is 12.4. The number of amides is 1. The van der Waals surface area contributed by atoms with Gasteiger partial charge in [-0.15, -0.1) is 0 Å². The van der Waals surface area contributed by atoms with Crippen LogP contribution in [0.5, 0.6) is 0 Å². The number of nitro benzene ring substituents is 1. The van der Waals surface area contributed by atoms with E-state index in [0.29, 0.717) is 16.4 Å². The molecule has 26 heavy (non-hydrogen) atoms. The first-order chi connectivity index (χ1) is 12.4. The number of nitro groups is 2. The number of carbonyl (C=O) groups is 1. The summed E-state index contributed by atoms with van der Waals surface area (Å²) in [6.07, 6.45) is 1.12. The molecule has 134 valence electrons. The van der Waals surface area contributed by atoms with Gasteiger partial charge < -0.3 is 5.32 Å². The molecule has 0 radical (unpaired) electrons.